The summed E-state index contributed by atoms with van der Waals surface area (Å²) in [5, 5.41) is 11.1. The maximum atomic E-state index is 12.9. The Morgan fingerprint density at radius 2 is 1.96 bits per heavy atom. The van der Waals surface area contributed by atoms with Crippen LogP contribution >= 0.6 is 0 Å². The molecule has 1 amide bonds. The van der Waals surface area contributed by atoms with Crippen molar-refractivity contribution < 1.29 is 19.1 Å². The molecule has 1 aromatic carbocycles. The van der Waals surface area contributed by atoms with Crippen LogP contribution in [0.4, 0.5) is 0 Å². The number of carbonyl (C=O) groups is 2. The number of methoxy groups -OCH3 is 2. The number of esters is 1. The van der Waals surface area contributed by atoms with E-state index in [0.717, 1.165) is 12.8 Å². The molecular formula is C17H20N4O4. The van der Waals surface area contributed by atoms with Gasteiger partial charge in [0.2, 0.25) is 0 Å². The van der Waals surface area contributed by atoms with Crippen LogP contribution in [0, 0.1) is 5.92 Å². The Kier molecular flexibility index (Phi) is 4.97. The van der Waals surface area contributed by atoms with E-state index in [4.69, 9.17) is 9.47 Å². The molecule has 0 radical (unpaired) electrons. The van der Waals surface area contributed by atoms with Crippen LogP contribution < -0.4 is 10.1 Å². The number of carbonyl (C=O) groups excluding carboxylic acids is 2. The summed E-state index contributed by atoms with van der Waals surface area (Å²) in [6, 6.07) is 4.95. The molecule has 1 saturated carbocycles. The standard InChI is InChI=1S/C17H20N4O4/c1-24-14-8-4-7-13(21-18-9-10-19-21)15(14)16(22)20-12-6-3-5-11(12)17(23)25-2/h4,7-12H,3,5-6H2,1-2H3,(H,20,22)/t11-,12-/m0/s1. The van der Waals surface area contributed by atoms with Crippen LogP contribution in [-0.4, -0.2) is 47.1 Å². The van der Waals surface area contributed by atoms with Gasteiger partial charge in [-0.2, -0.15) is 15.0 Å². The van der Waals surface area contributed by atoms with Crippen LogP contribution in [0.5, 0.6) is 5.75 Å². The summed E-state index contributed by atoms with van der Waals surface area (Å²) in [6.07, 6.45) is 5.37. The smallest absolute Gasteiger partial charge is 0.310 e. The zero-order chi connectivity index (χ0) is 17.8. The lowest BCUT2D eigenvalue weighted by Gasteiger charge is -2.20. The van der Waals surface area contributed by atoms with Gasteiger partial charge in [-0.25, -0.2) is 0 Å². The molecule has 2 atom stereocenters. The average Bonchev–Trinajstić information content (AvgIpc) is 3.32. The third-order valence-electron chi connectivity index (χ3n) is 4.42. The van der Waals surface area contributed by atoms with Crippen LogP contribution in [0.3, 0.4) is 0 Å². The number of hydrogen-bond acceptors (Lipinski definition) is 6. The first kappa shape index (κ1) is 16.9. The van der Waals surface area contributed by atoms with Gasteiger partial charge in [0.15, 0.2) is 0 Å². The van der Waals surface area contributed by atoms with Crippen LogP contribution in [0.1, 0.15) is 29.6 Å². The molecule has 0 spiro atoms. The van der Waals surface area contributed by atoms with Crippen LogP contribution in [0.2, 0.25) is 0 Å². The summed E-state index contributed by atoms with van der Waals surface area (Å²) >= 11 is 0. The molecule has 1 fully saturated rings. The van der Waals surface area contributed by atoms with Crippen molar-refractivity contribution >= 4 is 11.9 Å². The van der Waals surface area contributed by atoms with Gasteiger partial charge in [-0.15, -0.1) is 0 Å². The molecule has 25 heavy (non-hydrogen) atoms. The summed E-state index contributed by atoms with van der Waals surface area (Å²) in [5.41, 5.74) is 0.839. The quantitative estimate of drug-likeness (QED) is 0.823. The predicted octanol–water partition coefficient (Wildman–Crippen LogP) is 1.35. The van der Waals surface area contributed by atoms with E-state index in [1.807, 2.05) is 0 Å². The Morgan fingerprint density at radius 1 is 1.20 bits per heavy atom. The van der Waals surface area contributed by atoms with Gasteiger partial charge in [0.05, 0.1) is 32.5 Å². The molecule has 1 aromatic heterocycles. The molecule has 8 heteroatoms. The van der Waals surface area contributed by atoms with E-state index >= 15 is 0 Å². The number of nitrogens with zero attached hydrogens (tertiary/aromatic N) is 3. The maximum Gasteiger partial charge on any atom is 0.310 e. The summed E-state index contributed by atoms with van der Waals surface area (Å²) in [7, 11) is 2.86. The highest BCUT2D eigenvalue weighted by atomic mass is 16.5. The molecule has 0 unspecified atom stereocenters. The minimum absolute atomic E-state index is 0.261. The molecule has 0 bridgehead atoms. The molecule has 8 nitrogen and oxygen atoms in total. The minimum Gasteiger partial charge on any atom is -0.496 e. The van der Waals surface area contributed by atoms with Gasteiger partial charge in [0.1, 0.15) is 17.0 Å². The maximum absolute atomic E-state index is 12.9. The third-order valence-corrected chi connectivity index (χ3v) is 4.42. The zero-order valence-corrected chi connectivity index (χ0v) is 14.1. The van der Waals surface area contributed by atoms with E-state index in [1.165, 1.54) is 31.4 Å². The average molecular weight is 344 g/mol. The lowest BCUT2D eigenvalue weighted by molar-refractivity contribution is -0.145. The van der Waals surface area contributed by atoms with Gasteiger partial charge in [-0.05, 0) is 25.0 Å². The van der Waals surface area contributed by atoms with Crippen molar-refractivity contribution in [3.05, 3.63) is 36.2 Å². The van der Waals surface area contributed by atoms with E-state index in [1.54, 1.807) is 18.2 Å². The SMILES string of the molecule is COC(=O)[C@H]1CCC[C@@H]1NC(=O)c1c(OC)cccc1-n1nccn1. The van der Waals surface area contributed by atoms with Crippen LogP contribution in [0.15, 0.2) is 30.6 Å². The molecule has 1 aliphatic rings. The number of amides is 1. The van der Waals surface area contributed by atoms with Crippen molar-refractivity contribution in [2.24, 2.45) is 5.92 Å². The van der Waals surface area contributed by atoms with Crippen LogP contribution in [-0.2, 0) is 9.53 Å². The first-order chi connectivity index (χ1) is 12.2. The highest BCUT2D eigenvalue weighted by Crippen LogP contribution is 2.29. The summed E-state index contributed by atoms with van der Waals surface area (Å²) in [6.45, 7) is 0. The van der Waals surface area contributed by atoms with Crippen LogP contribution in [0.25, 0.3) is 5.69 Å². The van der Waals surface area contributed by atoms with E-state index < -0.39 is 0 Å². The fraction of sp³-hybridized carbons (Fsp3) is 0.412. The second kappa shape index (κ2) is 7.33. The van der Waals surface area contributed by atoms with E-state index in [2.05, 4.69) is 15.5 Å². The number of ether oxygens (including phenoxy) is 2. The Balaban J connectivity index is 1.90. The van der Waals surface area contributed by atoms with Gasteiger partial charge in [0, 0.05) is 6.04 Å². The van der Waals surface area contributed by atoms with E-state index in [-0.39, 0.29) is 23.8 Å². The first-order valence-corrected chi connectivity index (χ1v) is 8.08. The lowest BCUT2D eigenvalue weighted by atomic mass is 10.0. The molecule has 0 saturated heterocycles. The summed E-state index contributed by atoms with van der Waals surface area (Å²) < 4.78 is 10.2. The summed E-state index contributed by atoms with van der Waals surface area (Å²) in [5.74, 6) is -0.530. The monoisotopic (exact) mass is 344 g/mol. The second-order valence-electron chi connectivity index (χ2n) is 5.81. The number of rotatable bonds is 5. The normalized spacial score (nSPS) is 19.4. The van der Waals surface area contributed by atoms with Crippen molar-refractivity contribution in [3.63, 3.8) is 0 Å². The molecule has 1 aliphatic carbocycles. The Bertz CT molecular complexity index is 760. The molecule has 3 rings (SSSR count). The van der Waals surface area contributed by atoms with Crippen molar-refractivity contribution in [1.82, 2.24) is 20.3 Å². The molecule has 2 aromatic rings. The van der Waals surface area contributed by atoms with Crippen molar-refractivity contribution in [1.29, 1.82) is 0 Å². The first-order valence-electron chi connectivity index (χ1n) is 8.08. The van der Waals surface area contributed by atoms with E-state index in [0.29, 0.717) is 23.4 Å². The number of hydrogen-bond donors (Lipinski definition) is 1. The largest absolute Gasteiger partial charge is 0.496 e. The molecule has 132 valence electrons. The Morgan fingerprint density at radius 3 is 2.64 bits per heavy atom. The Labute approximate surface area is 145 Å². The zero-order valence-electron chi connectivity index (χ0n) is 14.1. The summed E-state index contributed by atoms with van der Waals surface area (Å²) in [4.78, 5) is 26.2. The predicted molar refractivity (Wildman–Crippen MR) is 88.5 cm³/mol. The molecular weight excluding hydrogens is 324 g/mol. The van der Waals surface area contributed by atoms with Gasteiger partial charge in [-0.3, -0.25) is 9.59 Å². The third kappa shape index (κ3) is 3.33. The number of benzene rings is 1. The van der Waals surface area contributed by atoms with Gasteiger partial charge in [0.25, 0.3) is 5.91 Å². The topological polar surface area (TPSA) is 95.3 Å². The van der Waals surface area contributed by atoms with Crippen molar-refractivity contribution in [3.8, 4) is 11.4 Å². The molecule has 0 aliphatic heterocycles. The number of nitrogens with one attached hydrogen (secondary N) is 1. The highest BCUT2D eigenvalue weighted by Gasteiger charge is 2.35. The van der Waals surface area contributed by atoms with Crippen molar-refractivity contribution in [2.75, 3.05) is 14.2 Å². The fourth-order valence-electron chi connectivity index (χ4n) is 3.23. The number of aromatic nitrogens is 3. The van der Waals surface area contributed by atoms with Gasteiger partial charge in [-0.1, -0.05) is 12.5 Å². The van der Waals surface area contributed by atoms with Gasteiger partial charge < -0.3 is 14.8 Å². The highest BCUT2D eigenvalue weighted by molar-refractivity contribution is 6.00. The molecule has 1 N–H and O–H groups in total. The Hall–Kier alpha value is -2.90. The van der Waals surface area contributed by atoms with Crippen molar-refractivity contribution in [2.45, 2.75) is 25.3 Å². The lowest BCUT2D eigenvalue weighted by Crippen LogP contribution is -2.41. The second-order valence-corrected chi connectivity index (χ2v) is 5.81. The van der Waals surface area contributed by atoms with Gasteiger partial charge >= 0.3 is 5.97 Å². The fourth-order valence-corrected chi connectivity index (χ4v) is 3.23. The minimum atomic E-state index is -0.328. The van der Waals surface area contributed by atoms with E-state index in [9.17, 15) is 9.59 Å². The molecule has 1 heterocycles.